The van der Waals surface area contributed by atoms with Gasteiger partial charge in [0.25, 0.3) is 0 Å². The molecule has 0 bridgehead atoms. The highest BCUT2D eigenvalue weighted by atomic mass is 16.2. The number of carbonyl (C=O) groups excluding carboxylic acids is 3. The van der Waals surface area contributed by atoms with Gasteiger partial charge in [-0.05, 0) is 18.8 Å². The molecule has 2 atom stereocenters. The minimum absolute atomic E-state index is 0.0208. The number of hydrogen-bond donors (Lipinski definition) is 0. The van der Waals surface area contributed by atoms with Crippen LogP contribution in [0.2, 0.25) is 0 Å². The van der Waals surface area contributed by atoms with Crippen LogP contribution in [0.5, 0.6) is 0 Å². The van der Waals surface area contributed by atoms with Crippen molar-refractivity contribution in [2.24, 2.45) is 5.92 Å². The van der Waals surface area contributed by atoms with Crippen LogP contribution in [0.3, 0.4) is 0 Å². The zero-order valence-electron chi connectivity index (χ0n) is 14.6. The highest BCUT2D eigenvalue weighted by Crippen LogP contribution is 2.27. The first kappa shape index (κ1) is 17.7. The van der Waals surface area contributed by atoms with E-state index >= 15 is 0 Å². The molecule has 0 aliphatic carbocycles. The number of hydrazine groups is 1. The average Bonchev–Trinajstić information content (AvgIpc) is 2.48. The Hall–Kier alpha value is -1.63. The van der Waals surface area contributed by atoms with Gasteiger partial charge in [0.15, 0.2) is 0 Å². The first-order valence-electron chi connectivity index (χ1n) is 8.45. The number of nitrogens with zero attached hydrogens (tertiary/aromatic N) is 4. The van der Waals surface area contributed by atoms with E-state index in [1.54, 1.807) is 22.0 Å². The summed E-state index contributed by atoms with van der Waals surface area (Å²) < 4.78 is 0. The van der Waals surface area contributed by atoms with Crippen molar-refractivity contribution in [1.29, 1.82) is 0 Å². The van der Waals surface area contributed by atoms with Crippen molar-refractivity contribution < 1.29 is 14.4 Å². The van der Waals surface area contributed by atoms with Crippen LogP contribution >= 0.6 is 0 Å². The van der Waals surface area contributed by atoms with Gasteiger partial charge >= 0.3 is 0 Å². The van der Waals surface area contributed by atoms with E-state index in [1.807, 2.05) is 11.8 Å². The van der Waals surface area contributed by atoms with E-state index in [2.05, 4.69) is 13.8 Å². The van der Waals surface area contributed by atoms with E-state index in [1.165, 1.54) is 0 Å². The fraction of sp³-hybridized carbons (Fsp3) is 0.812. The fourth-order valence-corrected chi connectivity index (χ4v) is 3.35. The maximum atomic E-state index is 12.8. The number of amides is 3. The van der Waals surface area contributed by atoms with Crippen molar-refractivity contribution in [1.82, 2.24) is 19.8 Å². The molecule has 2 aliphatic rings. The molecule has 0 aromatic carbocycles. The quantitative estimate of drug-likeness (QED) is 0.668. The van der Waals surface area contributed by atoms with Gasteiger partial charge in [-0.1, -0.05) is 27.2 Å². The molecule has 2 fully saturated rings. The third-order valence-corrected chi connectivity index (χ3v) is 4.64. The lowest BCUT2D eigenvalue weighted by Gasteiger charge is -2.53. The molecule has 3 amide bonds. The lowest BCUT2D eigenvalue weighted by molar-refractivity contribution is -0.196. The van der Waals surface area contributed by atoms with E-state index in [0.29, 0.717) is 25.4 Å². The molecule has 2 saturated heterocycles. The first-order valence-corrected chi connectivity index (χ1v) is 8.45. The number of carbonyl (C=O) groups is 3. The number of rotatable bonds is 6. The molecule has 2 rings (SSSR count). The van der Waals surface area contributed by atoms with Gasteiger partial charge < -0.3 is 9.80 Å². The van der Waals surface area contributed by atoms with Gasteiger partial charge in [-0.3, -0.25) is 19.4 Å². The Labute approximate surface area is 138 Å². The Morgan fingerprint density at radius 1 is 1.30 bits per heavy atom. The van der Waals surface area contributed by atoms with Gasteiger partial charge in [-0.25, -0.2) is 5.01 Å². The van der Waals surface area contributed by atoms with Crippen LogP contribution in [0.1, 0.15) is 40.0 Å². The minimum Gasteiger partial charge on any atom is -0.337 e. The first-order chi connectivity index (χ1) is 10.9. The molecule has 0 N–H and O–H groups in total. The number of piperazine rings is 1. The topological polar surface area (TPSA) is 64.2 Å². The molecule has 1 unspecified atom stereocenters. The van der Waals surface area contributed by atoms with Crippen LogP contribution in [0.15, 0.2) is 0 Å². The second-order valence-electron chi connectivity index (χ2n) is 6.85. The van der Waals surface area contributed by atoms with Gasteiger partial charge in [0.05, 0.1) is 13.1 Å². The largest absolute Gasteiger partial charge is 0.337 e. The van der Waals surface area contributed by atoms with Crippen molar-refractivity contribution in [3.63, 3.8) is 0 Å². The molecule has 23 heavy (non-hydrogen) atoms. The van der Waals surface area contributed by atoms with Crippen molar-refractivity contribution >= 4 is 18.2 Å². The summed E-state index contributed by atoms with van der Waals surface area (Å²) in [6.45, 7) is 7.45. The van der Waals surface area contributed by atoms with E-state index < -0.39 is 6.04 Å². The molecular weight excluding hydrogens is 296 g/mol. The number of hydrogen-bond acceptors (Lipinski definition) is 4. The Morgan fingerprint density at radius 2 is 2.00 bits per heavy atom. The molecule has 0 spiro atoms. The van der Waals surface area contributed by atoms with E-state index in [9.17, 15) is 14.4 Å². The third-order valence-electron chi connectivity index (χ3n) is 4.64. The van der Waals surface area contributed by atoms with E-state index in [0.717, 1.165) is 19.3 Å². The third kappa shape index (κ3) is 3.49. The van der Waals surface area contributed by atoms with Gasteiger partial charge in [0, 0.05) is 13.6 Å². The summed E-state index contributed by atoms with van der Waals surface area (Å²) in [5, 5.41) is 3.18. The lowest BCUT2D eigenvalue weighted by Crippen LogP contribution is -2.74. The molecule has 0 saturated carbocycles. The van der Waals surface area contributed by atoms with Crippen LogP contribution in [-0.4, -0.2) is 76.9 Å². The predicted molar refractivity (Wildman–Crippen MR) is 85.9 cm³/mol. The molecule has 0 radical (unpaired) electrons. The van der Waals surface area contributed by atoms with Gasteiger partial charge in [0.1, 0.15) is 12.2 Å². The smallest absolute Gasteiger partial charge is 0.245 e. The van der Waals surface area contributed by atoms with Gasteiger partial charge in [-0.2, -0.15) is 0 Å². The maximum absolute atomic E-state index is 12.8. The number of fused-ring (bicyclic) bond motifs is 1. The zero-order chi connectivity index (χ0) is 17.1. The fourth-order valence-electron chi connectivity index (χ4n) is 3.35. The monoisotopic (exact) mass is 324 g/mol. The van der Waals surface area contributed by atoms with Crippen molar-refractivity contribution in [2.45, 2.75) is 52.2 Å². The summed E-state index contributed by atoms with van der Waals surface area (Å²) in [5.41, 5.74) is 0. The lowest BCUT2D eigenvalue weighted by atomic mass is 10.0. The minimum atomic E-state index is -0.449. The van der Waals surface area contributed by atoms with E-state index in [4.69, 9.17) is 0 Å². The highest BCUT2D eigenvalue weighted by Gasteiger charge is 2.48. The summed E-state index contributed by atoms with van der Waals surface area (Å²) in [6, 6.07) is -0.449. The van der Waals surface area contributed by atoms with E-state index in [-0.39, 0.29) is 24.5 Å². The molecule has 7 nitrogen and oxygen atoms in total. The molecule has 130 valence electrons. The molecule has 2 aliphatic heterocycles. The maximum Gasteiger partial charge on any atom is 0.245 e. The van der Waals surface area contributed by atoms with Crippen LogP contribution in [0.4, 0.5) is 0 Å². The van der Waals surface area contributed by atoms with Gasteiger partial charge in [-0.15, -0.1) is 0 Å². The van der Waals surface area contributed by atoms with Crippen LogP contribution in [0, 0.1) is 5.92 Å². The average molecular weight is 324 g/mol. The molecule has 0 aromatic heterocycles. The highest BCUT2D eigenvalue weighted by molar-refractivity contribution is 5.90. The van der Waals surface area contributed by atoms with Crippen molar-refractivity contribution in [2.75, 3.05) is 26.7 Å². The summed E-state index contributed by atoms with van der Waals surface area (Å²) in [7, 11) is 1.73. The van der Waals surface area contributed by atoms with Crippen LogP contribution in [0.25, 0.3) is 0 Å². The molecule has 7 heteroatoms. The van der Waals surface area contributed by atoms with Gasteiger partial charge in [0.2, 0.25) is 18.2 Å². The standard InChI is InChI=1S/C16H28N4O3/c1-5-6-13-16(23)18(8-7-12(2)3)9-14-19(11-21)17(4)10-15(22)20(13)14/h11-14H,5-10H2,1-4H3/t13-,14?/m0/s1. The summed E-state index contributed by atoms with van der Waals surface area (Å²) in [5.74, 6) is 0.446. The van der Waals surface area contributed by atoms with Crippen LogP contribution in [-0.2, 0) is 14.4 Å². The van der Waals surface area contributed by atoms with Crippen molar-refractivity contribution in [3.05, 3.63) is 0 Å². The SMILES string of the molecule is CCC[C@H]1C(=O)N(CCC(C)C)CC2N1C(=O)CN(C)N2C=O. The van der Waals surface area contributed by atoms with Crippen LogP contribution < -0.4 is 0 Å². The number of likely N-dealkylation sites (N-methyl/N-ethyl adjacent to an activating group) is 1. The second-order valence-corrected chi connectivity index (χ2v) is 6.85. The molecule has 0 aromatic rings. The zero-order valence-corrected chi connectivity index (χ0v) is 14.6. The Kier molecular flexibility index (Phi) is 5.62. The predicted octanol–water partition coefficient (Wildman–Crippen LogP) is 0.517. The molecular formula is C16H28N4O3. The Morgan fingerprint density at radius 3 is 2.57 bits per heavy atom. The Bertz CT molecular complexity index is 468. The van der Waals surface area contributed by atoms with Crippen molar-refractivity contribution in [3.8, 4) is 0 Å². The Balaban J connectivity index is 2.27. The second kappa shape index (κ2) is 7.29. The normalized spacial score (nSPS) is 26.0. The summed E-state index contributed by atoms with van der Waals surface area (Å²) in [4.78, 5) is 40.2. The summed E-state index contributed by atoms with van der Waals surface area (Å²) >= 11 is 0. The molecule has 2 heterocycles. The summed E-state index contributed by atoms with van der Waals surface area (Å²) in [6.07, 6.45) is 2.74.